The molecule has 0 heterocycles. The summed E-state index contributed by atoms with van der Waals surface area (Å²) in [5, 5.41) is 0. The van der Waals surface area contributed by atoms with Crippen LogP contribution >= 0.6 is 0 Å². The molecule has 1 fully saturated rings. The second kappa shape index (κ2) is 4.99. The van der Waals surface area contributed by atoms with Crippen molar-refractivity contribution in [2.75, 3.05) is 6.54 Å². The van der Waals surface area contributed by atoms with Crippen molar-refractivity contribution >= 4 is 11.8 Å². The van der Waals surface area contributed by atoms with E-state index in [0.29, 0.717) is 6.54 Å². The van der Waals surface area contributed by atoms with Gasteiger partial charge in [0.05, 0.1) is 6.54 Å². The third kappa shape index (κ3) is 3.31. The van der Waals surface area contributed by atoms with Crippen LogP contribution in [0.5, 0.6) is 0 Å². The first-order chi connectivity index (χ1) is 8.16. The highest BCUT2D eigenvalue weighted by Gasteiger charge is 2.33. The van der Waals surface area contributed by atoms with Crippen molar-refractivity contribution in [3.05, 3.63) is 35.9 Å². The molecule has 0 saturated heterocycles. The first kappa shape index (κ1) is 11.6. The molecule has 0 bridgehead atoms. The molecule has 1 saturated carbocycles. The second-order valence-electron chi connectivity index (χ2n) is 4.42. The minimum atomic E-state index is -0.463. The van der Waals surface area contributed by atoms with Gasteiger partial charge in [0.2, 0.25) is 11.8 Å². The van der Waals surface area contributed by atoms with E-state index in [2.05, 4.69) is 0 Å². The maximum atomic E-state index is 12.0. The van der Waals surface area contributed by atoms with Gasteiger partial charge in [-0.2, -0.15) is 0 Å². The number of hydrogen-bond acceptors (Lipinski definition) is 2. The van der Waals surface area contributed by atoms with Crippen LogP contribution in [-0.4, -0.2) is 23.3 Å². The fourth-order valence-corrected chi connectivity index (χ4v) is 1.79. The van der Waals surface area contributed by atoms with Crippen molar-refractivity contribution in [2.24, 2.45) is 11.7 Å². The van der Waals surface area contributed by atoms with E-state index in [1.165, 1.54) is 0 Å². The summed E-state index contributed by atoms with van der Waals surface area (Å²) in [5.41, 5.74) is 6.19. The standard InChI is InChI=1S/C13H16N2O2/c14-12(16)9-15(13(17)11-6-7-11)8-10-4-2-1-3-5-10/h1-5,11H,6-9H2,(H2,14,16). The van der Waals surface area contributed by atoms with Gasteiger partial charge in [-0.3, -0.25) is 9.59 Å². The Morgan fingerprint density at radius 2 is 1.88 bits per heavy atom. The van der Waals surface area contributed by atoms with E-state index in [0.717, 1.165) is 18.4 Å². The lowest BCUT2D eigenvalue weighted by Gasteiger charge is -2.21. The maximum Gasteiger partial charge on any atom is 0.237 e. The van der Waals surface area contributed by atoms with Gasteiger partial charge in [-0.05, 0) is 18.4 Å². The van der Waals surface area contributed by atoms with Crippen molar-refractivity contribution < 1.29 is 9.59 Å². The smallest absolute Gasteiger partial charge is 0.237 e. The molecule has 2 rings (SSSR count). The zero-order valence-electron chi connectivity index (χ0n) is 9.63. The van der Waals surface area contributed by atoms with Gasteiger partial charge in [-0.25, -0.2) is 0 Å². The molecule has 1 aromatic carbocycles. The molecule has 0 unspecified atom stereocenters. The predicted molar refractivity (Wildman–Crippen MR) is 63.8 cm³/mol. The second-order valence-corrected chi connectivity index (χ2v) is 4.42. The number of primary amides is 1. The van der Waals surface area contributed by atoms with E-state index in [-0.39, 0.29) is 18.4 Å². The van der Waals surface area contributed by atoms with Gasteiger partial charge in [0.15, 0.2) is 0 Å². The summed E-state index contributed by atoms with van der Waals surface area (Å²) in [7, 11) is 0. The third-order valence-electron chi connectivity index (χ3n) is 2.80. The number of carbonyl (C=O) groups is 2. The summed E-state index contributed by atoms with van der Waals surface area (Å²) in [6.07, 6.45) is 1.87. The highest BCUT2D eigenvalue weighted by atomic mass is 16.2. The van der Waals surface area contributed by atoms with Gasteiger partial charge in [0, 0.05) is 12.5 Å². The van der Waals surface area contributed by atoms with Gasteiger partial charge in [-0.15, -0.1) is 0 Å². The number of benzene rings is 1. The zero-order valence-corrected chi connectivity index (χ0v) is 9.63. The molecular formula is C13H16N2O2. The molecule has 0 aromatic heterocycles. The fraction of sp³-hybridized carbons (Fsp3) is 0.385. The van der Waals surface area contributed by atoms with Crippen LogP contribution in [0.2, 0.25) is 0 Å². The summed E-state index contributed by atoms with van der Waals surface area (Å²) in [6, 6.07) is 9.63. The van der Waals surface area contributed by atoms with Crippen LogP contribution in [0, 0.1) is 5.92 Å². The molecule has 1 aliphatic carbocycles. The number of carbonyl (C=O) groups excluding carboxylic acids is 2. The molecule has 2 N–H and O–H groups in total. The number of rotatable bonds is 5. The minimum Gasteiger partial charge on any atom is -0.368 e. The van der Waals surface area contributed by atoms with Crippen LogP contribution in [0.1, 0.15) is 18.4 Å². The van der Waals surface area contributed by atoms with Crippen molar-refractivity contribution in [3.63, 3.8) is 0 Å². The Morgan fingerprint density at radius 3 is 2.41 bits per heavy atom. The molecule has 1 aromatic rings. The lowest BCUT2D eigenvalue weighted by molar-refractivity contribution is -0.136. The molecule has 0 aliphatic heterocycles. The molecule has 0 radical (unpaired) electrons. The van der Waals surface area contributed by atoms with E-state index < -0.39 is 5.91 Å². The average Bonchev–Trinajstić information content (AvgIpc) is 3.12. The van der Waals surface area contributed by atoms with Crippen LogP contribution in [0.25, 0.3) is 0 Å². The quantitative estimate of drug-likeness (QED) is 0.820. The van der Waals surface area contributed by atoms with Gasteiger partial charge in [-0.1, -0.05) is 30.3 Å². The Kier molecular flexibility index (Phi) is 3.42. The SMILES string of the molecule is NC(=O)CN(Cc1ccccc1)C(=O)C1CC1. The van der Waals surface area contributed by atoms with Gasteiger partial charge in [0.1, 0.15) is 0 Å². The Bertz CT molecular complexity index is 413. The molecular weight excluding hydrogens is 216 g/mol. The Labute approximate surface area is 100 Å². The van der Waals surface area contributed by atoms with E-state index in [9.17, 15) is 9.59 Å². The molecule has 4 heteroatoms. The van der Waals surface area contributed by atoms with Crippen LogP contribution in [0.4, 0.5) is 0 Å². The summed E-state index contributed by atoms with van der Waals surface area (Å²) < 4.78 is 0. The summed E-state index contributed by atoms with van der Waals surface area (Å²) in [6.45, 7) is 0.462. The molecule has 1 aliphatic rings. The largest absolute Gasteiger partial charge is 0.368 e. The minimum absolute atomic E-state index is 0.00419. The third-order valence-corrected chi connectivity index (χ3v) is 2.80. The number of amides is 2. The predicted octanol–water partition coefficient (Wildman–Crippen LogP) is 0.910. The lowest BCUT2D eigenvalue weighted by atomic mass is 10.2. The van der Waals surface area contributed by atoms with Crippen LogP contribution < -0.4 is 5.73 Å². The van der Waals surface area contributed by atoms with Gasteiger partial charge >= 0.3 is 0 Å². The molecule has 4 nitrogen and oxygen atoms in total. The molecule has 17 heavy (non-hydrogen) atoms. The Morgan fingerprint density at radius 1 is 1.24 bits per heavy atom. The van der Waals surface area contributed by atoms with Crippen molar-refractivity contribution in [3.8, 4) is 0 Å². The molecule has 0 atom stereocenters. The lowest BCUT2D eigenvalue weighted by Crippen LogP contribution is -2.38. The summed E-state index contributed by atoms with van der Waals surface area (Å²) >= 11 is 0. The first-order valence-corrected chi connectivity index (χ1v) is 5.78. The van der Waals surface area contributed by atoms with E-state index in [4.69, 9.17) is 5.73 Å². The van der Waals surface area contributed by atoms with Gasteiger partial charge in [0.25, 0.3) is 0 Å². The van der Waals surface area contributed by atoms with E-state index >= 15 is 0 Å². The van der Waals surface area contributed by atoms with Gasteiger partial charge < -0.3 is 10.6 Å². The van der Waals surface area contributed by atoms with E-state index in [1.54, 1.807) is 4.90 Å². The molecule has 0 spiro atoms. The zero-order chi connectivity index (χ0) is 12.3. The van der Waals surface area contributed by atoms with Crippen molar-refractivity contribution in [2.45, 2.75) is 19.4 Å². The van der Waals surface area contributed by atoms with Crippen molar-refractivity contribution in [1.29, 1.82) is 0 Å². The number of hydrogen-bond donors (Lipinski definition) is 1. The fourth-order valence-electron chi connectivity index (χ4n) is 1.79. The summed E-state index contributed by atoms with van der Waals surface area (Å²) in [5.74, 6) is -0.305. The Hall–Kier alpha value is -1.84. The monoisotopic (exact) mass is 232 g/mol. The summed E-state index contributed by atoms with van der Waals surface area (Å²) in [4.78, 5) is 24.5. The Balaban J connectivity index is 2.04. The van der Waals surface area contributed by atoms with Crippen LogP contribution in [0.3, 0.4) is 0 Å². The highest BCUT2D eigenvalue weighted by Crippen LogP contribution is 2.31. The first-order valence-electron chi connectivity index (χ1n) is 5.78. The van der Waals surface area contributed by atoms with Crippen LogP contribution in [0.15, 0.2) is 30.3 Å². The van der Waals surface area contributed by atoms with E-state index in [1.807, 2.05) is 30.3 Å². The van der Waals surface area contributed by atoms with Crippen LogP contribution in [-0.2, 0) is 16.1 Å². The normalized spacial score (nSPS) is 14.4. The molecule has 90 valence electrons. The number of nitrogens with two attached hydrogens (primary N) is 1. The highest BCUT2D eigenvalue weighted by molar-refractivity contribution is 5.86. The average molecular weight is 232 g/mol. The number of nitrogens with zero attached hydrogens (tertiary/aromatic N) is 1. The maximum absolute atomic E-state index is 12.0. The molecule has 2 amide bonds. The topological polar surface area (TPSA) is 63.4 Å². The van der Waals surface area contributed by atoms with Crippen molar-refractivity contribution in [1.82, 2.24) is 4.90 Å².